The molecular weight excluding hydrogens is 308 g/mol. The van der Waals surface area contributed by atoms with Gasteiger partial charge in [-0.1, -0.05) is 11.6 Å². The first-order valence-corrected chi connectivity index (χ1v) is 6.60. The van der Waals surface area contributed by atoms with Crippen molar-refractivity contribution in [1.82, 2.24) is 9.38 Å². The third-order valence-corrected chi connectivity index (χ3v) is 3.44. The van der Waals surface area contributed by atoms with E-state index in [0.717, 1.165) is 0 Å². The Labute approximate surface area is 129 Å². The van der Waals surface area contributed by atoms with Gasteiger partial charge in [0, 0.05) is 16.8 Å². The number of aromatic nitrogens is 2. The molecule has 0 aliphatic carbocycles. The monoisotopic (exact) mass is 316 g/mol. The second-order valence-electron chi connectivity index (χ2n) is 4.57. The zero-order valence-corrected chi connectivity index (χ0v) is 11.8. The van der Waals surface area contributed by atoms with Gasteiger partial charge in [0.2, 0.25) is 0 Å². The number of imidazole rings is 1. The van der Waals surface area contributed by atoms with Crippen molar-refractivity contribution in [2.75, 3.05) is 0 Å². The zero-order valence-electron chi connectivity index (χ0n) is 11.0. The van der Waals surface area contributed by atoms with Crippen molar-refractivity contribution in [3.05, 3.63) is 58.9 Å². The first kappa shape index (κ1) is 14.1. The summed E-state index contributed by atoms with van der Waals surface area (Å²) in [4.78, 5) is 26.5. The number of aromatic carboxylic acids is 2. The highest BCUT2D eigenvalue weighted by molar-refractivity contribution is 6.30. The summed E-state index contributed by atoms with van der Waals surface area (Å²) in [7, 11) is 0. The summed E-state index contributed by atoms with van der Waals surface area (Å²) in [5, 5.41) is 18.9. The number of pyridine rings is 1. The molecular formula is C15H9ClN2O4. The fourth-order valence-electron chi connectivity index (χ4n) is 2.17. The summed E-state index contributed by atoms with van der Waals surface area (Å²) in [6.45, 7) is 0. The van der Waals surface area contributed by atoms with Crippen molar-refractivity contribution in [2.45, 2.75) is 0 Å². The Morgan fingerprint density at radius 2 is 1.68 bits per heavy atom. The molecule has 0 spiro atoms. The fraction of sp³-hybridized carbons (Fsp3) is 0. The van der Waals surface area contributed by atoms with Crippen molar-refractivity contribution in [3.63, 3.8) is 0 Å². The molecule has 0 fully saturated rings. The molecule has 22 heavy (non-hydrogen) atoms. The highest BCUT2D eigenvalue weighted by Gasteiger charge is 2.19. The number of carboxylic acid groups (broad SMARTS) is 2. The lowest BCUT2D eigenvalue weighted by atomic mass is 10.2. The smallest absolute Gasteiger partial charge is 0.356 e. The van der Waals surface area contributed by atoms with Crippen molar-refractivity contribution in [2.24, 2.45) is 0 Å². The third kappa shape index (κ3) is 2.29. The number of rotatable bonds is 3. The van der Waals surface area contributed by atoms with E-state index in [-0.39, 0.29) is 11.3 Å². The Hall–Kier alpha value is -2.86. The predicted molar refractivity (Wildman–Crippen MR) is 79.6 cm³/mol. The van der Waals surface area contributed by atoms with Gasteiger partial charge in [0.1, 0.15) is 5.82 Å². The molecule has 0 saturated heterocycles. The average Bonchev–Trinajstić information content (AvgIpc) is 2.87. The van der Waals surface area contributed by atoms with E-state index in [0.29, 0.717) is 21.9 Å². The Kier molecular flexibility index (Phi) is 3.30. The van der Waals surface area contributed by atoms with Gasteiger partial charge >= 0.3 is 11.9 Å². The molecule has 0 bridgehead atoms. The average molecular weight is 317 g/mol. The van der Waals surface area contributed by atoms with Crippen molar-refractivity contribution in [3.8, 4) is 11.4 Å². The maximum absolute atomic E-state index is 11.3. The number of carboxylic acids is 2. The first-order chi connectivity index (χ1) is 10.5. The van der Waals surface area contributed by atoms with Crippen LogP contribution < -0.4 is 0 Å². The second kappa shape index (κ2) is 5.16. The Balaban J connectivity index is 2.32. The quantitative estimate of drug-likeness (QED) is 0.774. The summed E-state index contributed by atoms with van der Waals surface area (Å²) in [5.41, 5.74) is 0.857. The number of carbonyl (C=O) groups is 2. The van der Waals surface area contributed by atoms with Crippen LogP contribution in [0.15, 0.2) is 42.6 Å². The van der Waals surface area contributed by atoms with E-state index >= 15 is 0 Å². The zero-order chi connectivity index (χ0) is 15.9. The lowest BCUT2D eigenvalue weighted by Gasteiger charge is -2.03. The summed E-state index contributed by atoms with van der Waals surface area (Å²) >= 11 is 5.84. The van der Waals surface area contributed by atoms with Crippen LogP contribution in [0.3, 0.4) is 0 Å². The topological polar surface area (TPSA) is 91.9 Å². The molecule has 6 nitrogen and oxygen atoms in total. The van der Waals surface area contributed by atoms with E-state index in [1.807, 2.05) is 0 Å². The highest BCUT2D eigenvalue weighted by atomic mass is 35.5. The van der Waals surface area contributed by atoms with E-state index < -0.39 is 11.9 Å². The maximum Gasteiger partial charge on any atom is 0.356 e. The van der Waals surface area contributed by atoms with Crippen LogP contribution in [0, 0.1) is 0 Å². The standard InChI is InChI=1S/C15H9ClN2O4/c16-10-4-1-8(2-5-10)13-17-12(15(21)22)11-6-3-9(14(19)20)7-18(11)13/h1-7H,(H,19,20)(H,21,22). The van der Waals surface area contributed by atoms with Crippen LogP contribution in [0.4, 0.5) is 0 Å². The van der Waals surface area contributed by atoms with E-state index in [2.05, 4.69) is 4.98 Å². The summed E-state index contributed by atoms with van der Waals surface area (Å²) in [6, 6.07) is 9.46. The van der Waals surface area contributed by atoms with Gasteiger partial charge in [-0.3, -0.25) is 4.40 Å². The second-order valence-corrected chi connectivity index (χ2v) is 5.01. The predicted octanol–water partition coefficient (Wildman–Crippen LogP) is 3.05. The minimum Gasteiger partial charge on any atom is -0.478 e. The van der Waals surface area contributed by atoms with Crippen LogP contribution in [0.2, 0.25) is 5.02 Å². The molecule has 7 heteroatoms. The van der Waals surface area contributed by atoms with E-state index in [9.17, 15) is 14.7 Å². The molecule has 110 valence electrons. The van der Waals surface area contributed by atoms with Crippen LogP contribution in [-0.2, 0) is 0 Å². The molecule has 0 unspecified atom stereocenters. The van der Waals surface area contributed by atoms with Gasteiger partial charge in [0.05, 0.1) is 11.1 Å². The molecule has 2 N–H and O–H groups in total. The summed E-state index contributed by atoms with van der Waals surface area (Å²) in [5.74, 6) is -1.94. The summed E-state index contributed by atoms with van der Waals surface area (Å²) < 4.78 is 1.45. The molecule has 0 atom stereocenters. The van der Waals surface area contributed by atoms with Gasteiger partial charge in [-0.25, -0.2) is 14.6 Å². The number of nitrogens with zero attached hydrogens (tertiary/aromatic N) is 2. The van der Waals surface area contributed by atoms with Crippen molar-refractivity contribution in [1.29, 1.82) is 0 Å². The van der Waals surface area contributed by atoms with Crippen LogP contribution in [-0.4, -0.2) is 31.5 Å². The Morgan fingerprint density at radius 1 is 1.00 bits per heavy atom. The normalized spacial score (nSPS) is 10.8. The SMILES string of the molecule is O=C(O)c1ccc2c(C(=O)O)nc(-c3ccc(Cl)cc3)n2c1. The van der Waals surface area contributed by atoms with Gasteiger partial charge in [0.15, 0.2) is 5.69 Å². The lowest BCUT2D eigenvalue weighted by Crippen LogP contribution is -2.00. The number of benzene rings is 1. The van der Waals surface area contributed by atoms with Gasteiger partial charge in [0.25, 0.3) is 0 Å². The van der Waals surface area contributed by atoms with Gasteiger partial charge < -0.3 is 10.2 Å². The first-order valence-electron chi connectivity index (χ1n) is 6.22. The lowest BCUT2D eigenvalue weighted by molar-refractivity contribution is 0.0685. The van der Waals surface area contributed by atoms with Crippen LogP contribution >= 0.6 is 11.6 Å². The molecule has 0 aliphatic heterocycles. The van der Waals surface area contributed by atoms with Crippen molar-refractivity contribution < 1.29 is 19.8 Å². The maximum atomic E-state index is 11.3. The third-order valence-electron chi connectivity index (χ3n) is 3.19. The molecule has 0 aliphatic rings. The van der Waals surface area contributed by atoms with Crippen LogP contribution in [0.5, 0.6) is 0 Å². The largest absolute Gasteiger partial charge is 0.478 e. The van der Waals surface area contributed by atoms with Crippen LogP contribution in [0.25, 0.3) is 16.9 Å². The van der Waals surface area contributed by atoms with Gasteiger partial charge in [-0.05, 0) is 36.4 Å². The van der Waals surface area contributed by atoms with Gasteiger partial charge in [-0.2, -0.15) is 0 Å². The van der Waals surface area contributed by atoms with Gasteiger partial charge in [-0.15, -0.1) is 0 Å². The minimum absolute atomic E-state index is 0.0389. The van der Waals surface area contributed by atoms with Crippen molar-refractivity contribution >= 4 is 29.1 Å². The molecule has 3 aromatic rings. The number of hydrogen-bond donors (Lipinski definition) is 2. The highest BCUT2D eigenvalue weighted by Crippen LogP contribution is 2.25. The van der Waals surface area contributed by atoms with E-state index in [1.54, 1.807) is 24.3 Å². The molecule has 0 saturated carbocycles. The molecule has 0 amide bonds. The fourth-order valence-corrected chi connectivity index (χ4v) is 2.30. The number of hydrogen-bond acceptors (Lipinski definition) is 3. The molecule has 2 aromatic heterocycles. The molecule has 0 radical (unpaired) electrons. The molecule has 2 heterocycles. The minimum atomic E-state index is -1.18. The Morgan fingerprint density at radius 3 is 2.27 bits per heavy atom. The van der Waals surface area contributed by atoms with E-state index in [1.165, 1.54) is 22.7 Å². The Bertz CT molecular complexity index is 900. The molecule has 3 rings (SSSR count). The number of fused-ring (bicyclic) bond motifs is 1. The molecule has 1 aromatic carbocycles. The summed E-state index contributed by atoms with van der Waals surface area (Å²) in [6.07, 6.45) is 1.35. The van der Waals surface area contributed by atoms with Crippen LogP contribution in [0.1, 0.15) is 20.8 Å². The number of halogens is 1. The van der Waals surface area contributed by atoms with E-state index in [4.69, 9.17) is 16.7 Å².